The van der Waals surface area contributed by atoms with E-state index in [4.69, 9.17) is 11.6 Å². The van der Waals surface area contributed by atoms with Crippen LogP contribution in [-0.2, 0) is 4.79 Å². The number of hydrogen-bond donors (Lipinski definition) is 2. The molecule has 5 nitrogen and oxygen atoms in total. The SMILES string of the molecule is CCCN(CC(=O)NC)c1c(Cl)cccc1C(=O)O. The van der Waals surface area contributed by atoms with E-state index in [1.807, 2.05) is 6.92 Å². The summed E-state index contributed by atoms with van der Waals surface area (Å²) < 4.78 is 0. The fraction of sp³-hybridized carbons (Fsp3) is 0.385. The van der Waals surface area contributed by atoms with E-state index < -0.39 is 5.97 Å². The molecule has 0 saturated carbocycles. The van der Waals surface area contributed by atoms with Crippen molar-refractivity contribution < 1.29 is 14.7 Å². The Balaban J connectivity index is 3.20. The van der Waals surface area contributed by atoms with Crippen LogP contribution in [0.15, 0.2) is 18.2 Å². The van der Waals surface area contributed by atoms with Crippen molar-refractivity contribution in [3.8, 4) is 0 Å². The number of aromatic carboxylic acids is 1. The van der Waals surface area contributed by atoms with Crippen molar-refractivity contribution in [2.24, 2.45) is 0 Å². The Kier molecular flexibility index (Phi) is 5.63. The first-order valence-corrected chi connectivity index (χ1v) is 6.36. The number of amides is 1. The van der Waals surface area contributed by atoms with Gasteiger partial charge in [0.25, 0.3) is 0 Å². The minimum Gasteiger partial charge on any atom is -0.478 e. The highest BCUT2D eigenvalue weighted by Crippen LogP contribution is 2.30. The number of carboxylic acids is 1. The maximum atomic E-state index is 11.5. The minimum absolute atomic E-state index is 0.0777. The molecule has 0 spiro atoms. The van der Waals surface area contributed by atoms with Crippen LogP contribution < -0.4 is 10.2 Å². The van der Waals surface area contributed by atoms with Gasteiger partial charge in [-0.1, -0.05) is 24.6 Å². The number of rotatable bonds is 6. The molecule has 0 aliphatic rings. The number of nitrogens with one attached hydrogen (secondary N) is 1. The van der Waals surface area contributed by atoms with E-state index in [0.29, 0.717) is 17.3 Å². The molecule has 1 amide bonds. The molecule has 0 fully saturated rings. The van der Waals surface area contributed by atoms with Crippen LogP contribution >= 0.6 is 11.6 Å². The third-order valence-electron chi connectivity index (χ3n) is 2.64. The highest BCUT2D eigenvalue weighted by atomic mass is 35.5. The molecule has 1 aromatic carbocycles. The fourth-order valence-electron chi connectivity index (χ4n) is 1.80. The second-order valence-electron chi connectivity index (χ2n) is 4.04. The number of hydrogen-bond acceptors (Lipinski definition) is 3. The topological polar surface area (TPSA) is 69.6 Å². The van der Waals surface area contributed by atoms with Crippen LogP contribution in [-0.4, -0.2) is 37.1 Å². The lowest BCUT2D eigenvalue weighted by Crippen LogP contribution is -2.37. The standard InChI is InChI=1S/C13H17ClN2O3/c1-3-7-16(8-11(17)15-2)12-9(13(18)19)5-4-6-10(12)14/h4-6H,3,7-8H2,1-2H3,(H,15,17)(H,18,19). The Morgan fingerprint density at radius 3 is 2.63 bits per heavy atom. The number of carbonyl (C=O) groups is 2. The van der Waals surface area contributed by atoms with Crippen LogP contribution in [0.25, 0.3) is 0 Å². The molecule has 0 bridgehead atoms. The summed E-state index contributed by atoms with van der Waals surface area (Å²) in [5.41, 5.74) is 0.493. The molecule has 0 aromatic heterocycles. The maximum Gasteiger partial charge on any atom is 0.337 e. The Hall–Kier alpha value is -1.75. The molecule has 0 radical (unpaired) electrons. The third-order valence-corrected chi connectivity index (χ3v) is 2.95. The molecule has 0 unspecified atom stereocenters. The number of benzene rings is 1. The zero-order valence-corrected chi connectivity index (χ0v) is 11.7. The van der Waals surface area contributed by atoms with E-state index >= 15 is 0 Å². The summed E-state index contributed by atoms with van der Waals surface area (Å²) in [6.07, 6.45) is 0.779. The monoisotopic (exact) mass is 284 g/mol. The molecule has 19 heavy (non-hydrogen) atoms. The Morgan fingerprint density at radius 2 is 2.11 bits per heavy atom. The first-order valence-electron chi connectivity index (χ1n) is 5.98. The summed E-state index contributed by atoms with van der Waals surface area (Å²) in [5, 5.41) is 12.1. The lowest BCUT2D eigenvalue weighted by atomic mass is 10.1. The highest BCUT2D eigenvalue weighted by molar-refractivity contribution is 6.34. The van der Waals surface area contributed by atoms with Crippen molar-refractivity contribution in [1.29, 1.82) is 0 Å². The second-order valence-corrected chi connectivity index (χ2v) is 4.44. The largest absolute Gasteiger partial charge is 0.478 e. The number of likely N-dealkylation sites (N-methyl/N-ethyl adjacent to an activating group) is 1. The summed E-state index contributed by atoms with van der Waals surface area (Å²) in [6.45, 7) is 2.58. The lowest BCUT2D eigenvalue weighted by molar-refractivity contribution is -0.119. The summed E-state index contributed by atoms with van der Waals surface area (Å²) in [5.74, 6) is -1.25. The van der Waals surface area contributed by atoms with Gasteiger partial charge < -0.3 is 15.3 Å². The number of nitrogens with zero attached hydrogens (tertiary/aromatic N) is 1. The summed E-state index contributed by atoms with van der Waals surface area (Å²) in [7, 11) is 1.54. The smallest absolute Gasteiger partial charge is 0.337 e. The van der Waals surface area contributed by atoms with Crippen LogP contribution in [0.2, 0.25) is 5.02 Å². The van der Waals surface area contributed by atoms with Crippen molar-refractivity contribution in [3.05, 3.63) is 28.8 Å². The van der Waals surface area contributed by atoms with Gasteiger partial charge in [0.2, 0.25) is 5.91 Å². The highest BCUT2D eigenvalue weighted by Gasteiger charge is 2.20. The molecule has 2 N–H and O–H groups in total. The van der Waals surface area contributed by atoms with Gasteiger partial charge in [0, 0.05) is 13.6 Å². The van der Waals surface area contributed by atoms with Crippen LogP contribution in [0, 0.1) is 0 Å². The number of carbonyl (C=O) groups excluding carboxylic acids is 1. The average Bonchev–Trinajstić information content (AvgIpc) is 2.37. The summed E-state index contributed by atoms with van der Waals surface area (Å²) in [6, 6.07) is 4.69. The van der Waals surface area contributed by atoms with Gasteiger partial charge in [-0.2, -0.15) is 0 Å². The molecule has 0 aliphatic heterocycles. The minimum atomic E-state index is -1.06. The number of para-hydroxylation sites is 1. The van der Waals surface area contributed by atoms with Crippen molar-refractivity contribution >= 4 is 29.2 Å². The van der Waals surface area contributed by atoms with Crippen molar-refractivity contribution in [3.63, 3.8) is 0 Å². The van der Waals surface area contributed by atoms with Gasteiger partial charge in [0.05, 0.1) is 22.8 Å². The van der Waals surface area contributed by atoms with Gasteiger partial charge in [0.1, 0.15) is 0 Å². The molecule has 0 heterocycles. The van der Waals surface area contributed by atoms with Crippen molar-refractivity contribution in [1.82, 2.24) is 5.32 Å². The summed E-state index contributed by atoms with van der Waals surface area (Å²) in [4.78, 5) is 24.5. The molecule has 0 aliphatic carbocycles. The van der Waals surface area contributed by atoms with Gasteiger partial charge in [-0.25, -0.2) is 4.79 Å². The molecular formula is C13H17ClN2O3. The predicted molar refractivity (Wildman–Crippen MR) is 75.0 cm³/mol. The van der Waals surface area contributed by atoms with E-state index in [1.54, 1.807) is 17.0 Å². The molecular weight excluding hydrogens is 268 g/mol. The van der Waals surface area contributed by atoms with Crippen LogP contribution in [0.5, 0.6) is 0 Å². The second kappa shape index (κ2) is 6.99. The van der Waals surface area contributed by atoms with E-state index in [-0.39, 0.29) is 18.0 Å². The van der Waals surface area contributed by atoms with Crippen molar-refractivity contribution in [2.75, 3.05) is 25.0 Å². The van der Waals surface area contributed by atoms with Crippen LogP contribution in [0.3, 0.4) is 0 Å². The zero-order chi connectivity index (χ0) is 14.4. The molecule has 1 aromatic rings. The Morgan fingerprint density at radius 1 is 1.42 bits per heavy atom. The number of carboxylic acid groups (broad SMARTS) is 1. The first kappa shape index (κ1) is 15.3. The molecule has 104 valence electrons. The zero-order valence-electron chi connectivity index (χ0n) is 10.9. The van der Waals surface area contributed by atoms with E-state index in [0.717, 1.165) is 6.42 Å². The quantitative estimate of drug-likeness (QED) is 0.838. The lowest BCUT2D eigenvalue weighted by Gasteiger charge is -2.26. The van der Waals surface area contributed by atoms with Crippen molar-refractivity contribution in [2.45, 2.75) is 13.3 Å². The van der Waals surface area contributed by atoms with E-state index in [2.05, 4.69) is 5.32 Å². The Labute approximate surface area is 117 Å². The van der Waals surface area contributed by atoms with Gasteiger partial charge >= 0.3 is 5.97 Å². The molecule has 0 atom stereocenters. The Bertz CT molecular complexity index is 477. The summed E-state index contributed by atoms with van der Waals surface area (Å²) >= 11 is 6.09. The molecule has 1 rings (SSSR count). The average molecular weight is 285 g/mol. The van der Waals surface area contributed by atoms with Gasteiger partial charge in [-0.3, -0.25) is 4.79 Å². The van der Waals surface area contributed by atoms with Gasteiger partial charge in [-0.05, 0) is 18.6 Å². The maximum absolute atomic E-state index is 11.5. The molecule has 6 heteroatoms. The normalized spacial score (nSPS) is 10.1. The third kappa shape index (κ3) is 3.86. The van der Waals surface area contributed by atoms with Gasteiger partial charge in [0.15, 0.2) is 0 Å². The van der Waals surface area contributed by atoms with Crippen LogP contribution in [0.1, 0.15) is 23.7 Å². The molecule has 0 saturated heterocycles. The van der Waals surface area contributed by atoms with Gasteiger partial charge in [-0.15, -0.1) is 0 Å². The number of halogens is 1. The predicted octanol–water partition coefficient (Wildman–Crippen LogP) is 2.00. The number of anilines is 1. The fourth-order valence-corrected chi connectivity index (χ4v) is 2.10. The van der Waals surface area contributed by atoms with Crippen LogP contribution in [0.4, 0.5) is 5.69 Å². The van der Waals surface area contributed by atoms with E-state index in [9.17, 15) is 14.7 Å². The first-order chi connectivity index (χ1) is 9.01. The van der Waals surface area contributed by atoms with E-state index in [1.165, 1.54) is 13.1 Å².